The van der Waals surface area contributed by atoms with Crippen LogP contribution in [0.25, 0.3) is 0 Å². The third-order valence-corrected chi connectivity index (χ3v) is 8.09. The molecule has 0 unspecified atom stereocenters. The fraction of sp³-hybridized carbons (Fsp3) is 0.950. The molecule has 45 heavy (non-hydrogen) atoms. The average Bonchev–Trinajstić information content (AvgIpc) is 3.03. The first-order valence-corrected chi connectivity index (χ1v) is 19.7. The van der Waals surface area contributed by atoms with Gasteiger partial charge < -0.3 is 32.8 Å². The molecule has 0 amide bonds. The van der Waals surface area contributed by atoms with Gasteiger partial charge in [0.2, 0.25) is 0 Å². The van der Waals surface area contributed by atoms with Crippen LogP contribution in [0.2, 0.25) is 0 Å². The monoisotopic (exact) mass is 651 g/mol. The standard InChI is InChI=1S/2C20H41O2.Mg/c2*1-4-7-10-12-15-18-21-20(17-14-9-6-3)22-19-16-13-11-8-5-2;/h2*20H,3-19H2,1-2H3;/q2*-1;+2. The molecule has 0 radical (unpaired) electrons. The Hall–Kier alpha value is 0.606. The van der Waals surface area contributed by atoms with E-state index >= 15 is 0 Å². The molecular weight excluding hydrogens is 569 g/mol. The SMILES string of the molecule is [CH2-]CCCCC(OCCCCCCC)OCCCCCCC.[CH2-]CCCCC(OCCCCCCC)OCCCCCCC.[Mg+2]. The Labute approximate surface area is 301 Å². The third kappa shape index (κ3) is 44.6. The maximum absolute atomic E-state index is 5.95. The van der Waals surface area contributed by atoms with Crippen molar-refractivity contribution >= 4 is 23.1 Å². The van der Waals surface area contributed by atoms with Gasteiger partial charge in [-0.15, -0.1) is 0 Å². The van der Waals surface area contributed by atoms with E-state index in [9.17, 15) is 0 Å². The minimum atomic E-state index is 0. The summed E-state index contributed by atoms with van der Waals surface area (Å²) in [5.41, 5.74) is 0. The van der Waals surface area contributed by atoms with Crippen LogP contribution in [0.1, 0.15) is 207 Å². The maximum Gasteiger partial charge on any atom is 2.00 e. The van der Waals surface area contributed by atoms with E-state index in [4.69, 9.17) is 18.9 Å². The summed E-state index contributed by atoms with van der Waals surface area (Å²) in [5, 5.41) is 0. The molecule has 0 bridgehead atoms. The number of hydrogen-bond acceptors (Lipinski definition) is 4. The molecule has 0 saturated heterocycles. The summed E-state index contributed by atoms with van der Waals surface area (Å²) in [7, 11) is 0. The number of unbranched alkanes of at least 4 members (excludes halogenated alkanes) is 20. The first-order valence-electron chi connectivity index (χ1n) is 19.7. The molecule has 0 aliphatic carbocycles. The van der Waals surface area contributed by atoms with Crippen molar-refractivity contribution in [2.75, 3.05) is 26.4 Å². The molecule has 4 nitrogen and oxygen atoms in total. The Bertz CT molecular complexity index is 405. The molecule has 0 aromatic carbocycles. The van der Waals surface area contributed by atoms with E-state index in [1.165, 1.54) is 154 Å². The third-order valence-electron chi connectivity index (χ3n) is 8.09. The first kappa shape index (κ1) is 50.0. The van der Waals surface area contributed by atoms with Crippen LogP contribution in [0.15, 0.2) is 0 Å². The largest absolute Gasteiger partial charge is 2.00 e. The summed E-state index contributed by atoms with van der Waals surface area (Å²) in [4.78, 5) is 0. The van der Waals surface area contributed by atoms with Crippen molar-refractivity contribution in [2.24, 2.45) is 0 Å². The second kappa shape index (κ2) is 46.7. The minimum Gasteiger partial charge on any atom is -0.353 e. The van der Waals surface area contributed by atoms with Gasteiger partial charge in [0.1, 0.15) is 0 Å². The first-order chi connectivity index (χ1) is 21.7. The molecule has 0 N–H and O–H groups in total. The van der Waals surface area contributed by atoms with E-state index < -0.39 is 0 Å². The van der Waals surface area contributed by atoms with Gasteiger partial charge in [0, 0.05) is 26.4 Å². The molecule has 5 heteroatoms. The molecule has 0 aromatic heterocycles. The van der Waals surface area contributed by atoms with Crippen LogP contribution in [0, 0.1) is 13.8 Å². The van der Waals surface area contributed by atoms with Crippen molar-refractivity contribution in [3.63, 3.8) is 0 Å². The number of rotatable bonds is 36. The summed E-state index contributed by atoms with van der Waals surface area (Å²) >= 11 is 0. The molecule has 0 aliphatic heterocycles. The van der Waals surface area contributed by atoms with Gasteiger partial charge in [-0.1, -0.05) is 156 Å². The number of ether oxygens (including phenoxy) is 4. The molecule has 0 fully saturated rings. The van der Waals surface area contributed by atoms with Crippen molar-refractivity contribution in [2.45, 2.75) is 220 Å². The summed E-state index contributed by atoms with van der Waals surface area (Å²) in [6, 6.07) is 0. The van der Waals surface area contributed by atoms with Gasteiger partial charge in [0.25, 0.3) is 0 Å². The zero-order valence-corrected chi connectivity index (χ0v) is 33.0. The predicted octanol–water partition coefficient (Wildman–Crippen LogP) is 13.0. The van der Waals surface area contributed by atoms with Crippen molar-refractivity contribution in [1.82, 2.24) is 0 Å². The summed E-state index contributed by atoms with van der Waals surface area (Å²) in [6.07, 6.45) is 34.6. The quantitative estimate of drug-likeness (QED) is 0.0292. The van der Waals surface area contributed by atoms with Crippen molar-refractivity contribution in [3.05, 3.63) is 13.8 Å². The van der Waals surface area contributed by atoms with Gasteiger partial charge in [-0.3, -0.25) is 0 Å². The zero-order valence-electron chi connectivity index (χ0n) is 31.5. The topological polar surface area (TPSA) is 36.9 Å². The Morgan fingerprint density at radius 3 is 0.800 bits per heavy atom. The molecule has 0 rings (SSSR count). The van der Waals surface area contributed by atoms with Crippen LogP contribution in [0.5, 0.6) is 0 Å². The van der Waals surface area contributed by atoms with Crippen LogP contribution in [0.4, 0.5) is 0 Å². The van der Waals surface area contributed by atoms with E-state index in [1.807, 2.05) is 0 Å². The second-order valence-electron chi connectivity index (χ2n) is 12.7. The molecule has 268 valence electrons. The maximum atomic E-state index is 5.95. The summed E-state index contributed by atoms with van der Waals surface area (Å²) < 4.78 is 23.8. The van der Waals surface area contributed by atoms with Crippen LogP contribution in [0.3, 0.4) is 0 Å². The zero-order chi connectivity index (χ0) is 32.6. The second-order valence-corrected chi connectivity index (χ2v) is 12.7. The van der Waals surface area contributed by atoms with Crippen LogP contribution < -0.4 is 0 Å². The normalized spacial score (nSPS) is 11.2. The molecule has 0 saturated carbocycles. The molecule has 0 heterocycles. The van der Waals surface area contributed by atoms with Crippen LogP contribution >= 0.6 is 0 Å². The van der Waals surface area contributed by atoms with E-state index in [0.717, 1.165) is 52.1 Å². The van der Waals surface area contributed by atoms with E-state index in [-0.39, 0.29) is 35.6 Å². The summed E-state index contributed by atoms with van der Waals surface area (Å²) in [6.45, 7) is 20.3. The molecule has 0 aliphatic rings. The van der Waals surface area contributed by atoms with Crippen molar-refractivity contribution < 1.29 is 18.9 Å². The minimum absolute atomic E-state index is 0. The van der Waals surface area contributed by atoms with E-state index in [1.54, 1.807) is 0 Å². The van der Waals surface area contributed by atoms with Gasteiger partial charge >= 0.3 is 23.1 Å². The van der Waals surface area contributed by atoms with Gasteiger partial charge in [-0.25, -0.2) is 0 Å². The fourth-order valence-corrected chi connectivity index (χ4v) is 5.09. The van der Waals surface area contributed by atoms with Gasteiger partial charge in [0.05, 0.1) is 0 Å². The van der Waals surface area contributed by atoms with Crippen LogP contribution in [-0.4, -0.2) is 62.1 Å². The van der Waals surface area contributed by atoms with Gasteiger partial charge in [0.15, 0.2) is 12.6 Å². The van der Waals surface area contributed by atoms with Gasteiger partial charge in [-0.2, -0.15) is 12.8 Å². The Balaban J connectivity index is -0.000000767. The fourth-order valence-electron chi connectivity index (χ4n) is 5.09. The Kier molecular flexibility index (Phi) is 51.9. The smallest absolute Gasteiger partial charge is 0.353 e. The Morgan fingerprint density at radius 2 is 0.578 bits per heavy atom. The van der Waals surface area contributed by atoms with Crippen molar-refractivity contribution in [3.8, 4) is 0 Å². The number of hydrogen-bond donors (Lipinski definition) is 0. The van der Waals surface area contributed by atoms with Crippen LogP contribution in [-0.2, 0) is 18.9 Å². The van der Waals surface area contributed by atoms with E-state index in [2.05, 4.69) is 41.5 Å². The predicted molar refractivity (Wildman–Crippen MR) is 200 cm³/mol. The average molecular weight is 651 g/mol. The molecule has 0 atom stereocenters. The van der Waals surface area contributed by atoms with E-state index in [0.29, 0.717) is 0 Å². The van der Waals surface area contributed by atoms with Crippen molar-refractivity contribution in [1.29, 1.82) is 0 Å². The molecule has 0 aromatic rings. The molecule has 0 spiro atoms. The summed E-state index contributed by atoms with van der Waals surface area (Å²) in [5.74, 6) is 0. The Morgan fingerprint density at radius 1 is 0.333 bits per heavy atom. The van der Waals surface area contributed by atoms with Gasteiger partial charge in [-0.05, 0) is 38.5 Å². The molecular formula is C40H82MgO4.